The quantitative estimate of drug-likeness (QED) is 0.213. The number of rotatable bonds is 3. The van der Waals surface area contributed by atoms with Crippen molar-refractivity contribution in [2.24, 2.45) is 0 Å². The highest BCUT2D eigenvalue weighted by Crippen LogP contribution is 2.49. The van der Waals surface area contributed by atoms with Gasteiger partial charge < -0.3 is 14.2 Å². The van der Waals surface area contributed by atoms with E-state index in [-0.39, 0.29) is 6.04 Å². The molecule has 6 nitrogen and oxygen atoms in total. The molecule has 1 aliphatic heterocycles. The van der Waals surface area contributed by atoms with Gasteiger partial charge in [-0.05, 0) is 63.4 Å². The molecular weight excluding hydrogens is 592 g/mol. The van der Waals surface area contributed by atoms with Crippen LogP contribution in [0, 0.1) is 0 Å². The van der Waals surface area contributed by atoms with Gasteiger partial charge >= 0.3 is 0 Å². The van der Waals surface area contributed by atoms with Crippen molar-refractivity contribution in [3.05, 3.63) is 145 Å². The molecule has 0 saturated heterocycles. The lowest BCUT2D eigenvalue weighted by molar-refractivity contribution is 0.574. The van der Waals surface area contributed by atoms with Gasteiger partial charge in [0.2, 0.25) is 0 Å². The second-order valence-corrected chi connectivity index (χ2v) is 12.4. The van der Waals surface area contributed by atoms with Gasteiger partial charge in [-0.25, -0.2) is 15.0 Å². The van der Waals surface area contributed by atoms with Crippen LogP contribution in [-0.2, 0) is 0 Å². The molecule has 0 amide bonds. The zero-order valence-electron chi connectivity index (χ0n) is 25.4. The van der Waals surface area contributed by atoms with Crippen LogP contribution in [0.3, 0.4) is 0 Å². The van der Waals surface area contributed by atoms with Gasteiger partial charge in [-0.2, -0.15) is 0 Å². The third-order valence-electron chi connectivity index (χ3n) is 9.79. The molecule has 9 aromatic rings. The Kier molecular flexibility index (Phi) is 5.07. The second-order valence-electron chi connectivity index (χ2n) is 12.4. The maximum atomic E-state index is 6.28. The normalized spacial score (nSPS) is 14.5. The highest BCUT2D eigenvalue weighted by atomic mass is 16.3. The Hall–Kier alpha value is -6.53. The summed E-state index contributed by atoms with van der Waals surface area (Å²) < 4.78 is 12.6. The first-order valence-electron chi connectivity index (χ1n) is 16.1. The molecule has 0 radical (unpaired) electrons. The van der Waals surface area contributed by atoms with Crippen LogP contribution in [0.15, 0.2) is 136 Å². The van der Waals surface area contributed by atoms with Gasteiger partial charge in [-0.1, -0.05) is 97.1 Å². The van der Waals surface area contributed by atoms with Crippen molar-refractivity contribution in [1.29, 1.82) is 0 Å². The lowest BCUT2D eigenvalue weighted by Gasteiger charge is -2.21. The Bertz CT molecular complexity index is 2810. The van der Waals surface area contributed by atoms with Gasteiger partial charge in [0.1, 0.15) is 28.6 Å². The van der Waals surface area contributed by atoms with Crippen molar-refractivity contribution in [1.82, 2.24) is 20.3 Å². The minimum Gasteiger partial charge on any atom is -0.456 e. The number of furan rings is 2. The summed E-state index contributed by atoms with van der Waals surface area (Å²) in [5, 5.41) is 8.93. The van der Waals surface area contributed by atoms with Crippen molar-refractivity contribution in [3.63, 3.8) is 0 Å². The van der Waals surface area contributed by atoms with E-state index in [1.807, 2.05) is 60.8 Å². The standard InChI is InChI=1S/C42H24N4O2/c1-2-10-24-23(9-1)25-13-7-14-26-28(20-19-27(24)36(25)26)40-44-41(31-15-8-18-34-37(31)29-11-3-5-16-32(29)47-34)46-42(45-40)39-38-30-12-4-6-17-33(30)48-35(38)21-22-43-39/h1-22,39,43H. The molecule has 11 rings (SSSR count). The van der Waals surface area contributed by atoms with E-state index in [9.17, 15) is 0 Å². The van der Waals surface area contributed by atoms with E-state index in [1.54, 1.807) is 0 Å². The molecule has 6 aromatic carbocycles. The summed E-state index contributed by atoms with van der Waals surface area (Å²) in [5.74, 6) is 2.62. The van der Waals surface area contributed by atoms with Gasteiger partial charge in [-0.3, -0.25) is 0 Å². The second kappa shape index (κ2) is 9.50. The lowest BCUT2D eigenvalue weighted by Crippen LogP contribution is -2.23. The summed E-state index contributed by atoms with van der Waals surface area (Å²) in [7, 11) is 0. The van der Waals surface area contributed by atoms with Gasteiger partial charge in [0.05, 0.1) is 0 Å². The van der Waals surface area contributed by atoms with E-state index in [0.29, 0.717) is 17.5 Å². The van der Waals surface area contributed by atoms with Crippen LogP contribution in [0.25, 0.3) is 94.8 Å². The summed E-state index contributed by atoms with van der Waals surface area (Å²) >= 11 is 0. The van der Waals surface area contributed by atoms with Crippen LogP contribution in [0.5, 0.6) is 0 Å². The first-order valence-corrected chi connectivity index (χ1v) is 16.1. The zero-order valence-corrected chi connectivity index (χ0v) is 25.4. The maximum absolute atomic E-state index is 6.28. The molecule has 1 unspecified atom stereocenters. The molecule has 1 aliphatic carbocycles. The molecule has 1 N–H and O–H groups in total. The molecule has 2 aliphatic rings. The minimum absolute atomic E-state index is 0.351. The van der Waals surface area contributed by atoms with Crippen LogP contribution in [0.2, 0.25) is 0 Å². The molecule has 4 heterocycles. The third-order valence-corrected chi connectivity index (χ3v) is 9.79. The Labute approximate surface area is 274 Å². The largest absolute Gasteiger partial charge is 0.456 e. The fraction of sp³-hybridized carbons (Fsp3) is 0.0238. The van der Waals surface area contributed by atoms with Crippen molar-refractivity contribution < 1.29 is 8.83 Å². The predicted octanol–water partition coefficient (Wildman–Crippen LogP) is 10.3. The molecule has 0 saturated carbocycles. The van der Waals surface area contributed by atoms with E-state index < -0.39 is 0 Å². The van der Waals surface area contributed by atoms with Gasteiger partial charge in [0.15, 0.2) is 17.5 Å². The Balaban J connectivity index is 1.20. The maximum Gasteiger partial charge on any atom is 0.164 e. The van der Waals surface area contributed by atoms with Gasteiger partial charge in [0, 0.05) is 39.0 Å². The average molecular weight is 617 g/mol. The Morgan fingerprint density at radius 2 is 1.06 bits per heavy atom. The molecule has 6 heteroatoms. The summed E-state index contributed by atoms with van der Waals surface area (Å²) in [4.78, 5) is 15.8. The molecular formula is C42H24N4O2. The summed E-state index contributed by atoms with van der Waals surface area (Å²) in [5.41, 5.74) is 10.3. The third kappa shape index (κ3) is 3.48. The van der Waals surface area contributed by atoms with Crippen LogP contribution in [-0.4, -0.2) is 15.0 Å². The summed E-state index contributed by atoms with van der Waals surface area (Å²) in [6.45, 7) is 0. The first-order chi connectivity index (χ1) is 23.8. The van der Waals surface area contributed by atoms with Crippen molar-refractivity contribution >= 4 is 49.8 Å². The number of aromatic nitrogens is 3. The summed E-state index contributed by atoms with van der Waals surface area (Å²) in [6.07, 6.45) is 3.88. The topological polar surface area (TPSA) is 77.0 Å². The molecule has 1 atom stereocenters. The number of hydrogen-bond donors (Lipinski definition) is 1. The first kappa shape index (κ1) is 25.6. The zero-order chi connectivity index (χ0) is 31.3. The highest BCUT2D eigenvalue weighted by Gasteiger charge is 2.30. The summed E-state index contributed by atoms with van der Waals surface area (Å²) in [6, 6.07) is 41.5. The average Bonchev–Trinajstić information content (AvgIpc) is 3.82. The van der Waals surface area contributed by atoms with Crippen LogP contribution >= 0.6 is 0 Å². The van der Waals surface area contributed by atoms with E-state index in [2.05, 4.69) is 78.1 Å². The van der Waals surface area contributed by atoms with E-state index >= 15 is 0 Å². The van der Waals surface area contributed by atoms with E-state index in [1.165, 1.54) is 27.6 Å². The monoisotopic (exact) mass is 616 g/mol. The highest BCUT2D eigenvalue weighted by molar-refractivity contribution is 6.18. The van der Waals surface area contributed by atoms with Gasteiger partial charge in [0.25, 0.3) is 0 Å². The molecule has 224 valence electrons. The van der Waals surface area contributed by atoms with Crippen LogP contribution in [0.1, 0.15) is 23.2 Å². The van der Waals surface area contributed by atoms with Crippen LogP contribution < -0.4 is 5.32 Å². The number of hydrogen-bond acceptors (Lipinski definition) is 6. The van der Waals surface area contributed by atoms with Crippen LogP contribution in [0.4, 0.5) is 0 Å². The number of nitrogens with one attached hydrogen (secondary N) is 1. The molecule has 3 aromatic heterocycles. The lowest BCUT2D eigenvalue weighted by atomic mass is 9.97. The Morgan fingerprint density at radius 3 is 1.92 bits per heavy atom. The molecule has 0 bridgehead atoms. The van der Waals surface area contributed by atoms with Crippen molar-refractivity contribution in [2.75, 3.05) is 0 Å². The SMILES string of the molecule is C1=Cc2oc3ccccc3c2C(c2nc(-c3ccc4c5c(cccc35)-c3ccccc3-4)nc(-c3cccc4oc5ccccc5c34)n2)N1. The number of benzene rings is 6. The predicted molar refractivity (Wildman–Crippen MR) is 190 cm³/mol. The fourth-order valence-corrected chi connectivity index (χ4v) is 7.74. The van der Waals surface area contributed by atoms with E-state index in [0.717, 1.165) is 60.7 Å². The fourth-order valence-electron chi connectivity index (χ4n) is 7.74. The smallest absolute Gasteiger partial charge is 0.164 e. The Morgan fingerprint density at radius 1 is 0.458 bits per heavy atom. The molecule has 0 fully saturated rings. The number of para-hydroxylation sites is 2. The van der Waals surface area contributed by atoms with E-state index in [4.69, 9.17) is 23.8 Å². The van der Waals surface area contributed by atoms with Crippen molar-refractivity contribution in [3.8, 4) is 45.0 Å². The van der Waals surface area contributed by atoms with Gasteiger partial charge in [-0.15, -0.1) is 0 Å². The molecule has 48 heavy (non-hydrogen) atoms. The number of fused-ring (bicyclic) bond motifs is 9. The van der Waals surface area contributed by atoms with Crippen molar-refractivity contribution in [2.45, 2.75) is 6.04 Å². The molecule has 0 spiro atoms. The number of nitrogens with zero attached hydrogens (tertiary/aromatic N) is 3. The minimum atomic E-state index is -0.351.